The molecule has 4 heteroatoms. The minimum absolute atomic E-state index is 0.00338. The smallest absolute Gasteiger partial charge is 0.225 e. The minimum atomic E-state index is -0.161. The Labute approximate surface area is 84.4 Å². The summed E-state index contributed by atoms with van der Waals surface area (Å²) in [5, 5.41) is 5.52. The van der Waals surface area contributed by atoms with E-state index in [1.165, 1.54) is 0 Å². The van der Waals surface area contributed by atoms with E-state index in [0.29, 0.717) is 25.4 Å². The summed E-state index contributed by atoms with van der Waals surface area (Å²) in [4.78, 5) is 22.4. The second kappa shape index (κ2) is 4.98. The Kier molecular flexibility index (Phi) is 3.92. The zero-order chi connectivity index (χ0) is 10.6. The summed E-state index contributed by atoms with van der Waals surface area (Å²) >= 11 is 0. The Hall–Kier alpha value is -1.06. The molecule has 2 amide bonds. The van der Waals surface area contributed by atoms with Crippen LogP contribution in [-0.2, 0) is 9.59 Å². The van der Waals surface area contributed by atoms with Crippen LogP contribution in [0.5, 0.6) is 0 Å². The monoisotopic (exact) mass is 198 g/mol. The number of nitrogens with one attached hydrogen (secondary N) is 2. The highest BCUT2D eigenvalue weighted by atomic mass is 16.2. The molecule has 4 nitrogen and oxygen atoms in total. The highest BCUT2D eigenvalue weighted by Gasteiger charge is 2.27. The molecule has 0 aliphatic carbocycles. The summed E-state index contributed by atoms with van der Waals surface area (Å²) in [6, 6.07) is 0. The van der Waals surface area contributed by atoms with Crippen molar-refractivity contribution in [1.29, 1.82) is 0 Å². The zero-order valence-corrected chi connectivity index (χ0v) is 8.80. The van der Waals surface area contributed by atoms with Crippen LogP contribution in [0.2, 0.25) is 0 Å². The molecule has 1 heterocycles. The van der Waals surface area contributed by atoms with Gasteiger partial charge < -0.3 is 10.6 Å². The Balaban J connectivity index is 2.25. The van der Waals surface area contributed by atoms with Gasteiger partial charge >= 0.3 is 0 Å². The molecule has 1 aliphatic heterocycles. The number of hydrogen-bond donors (Lipinski definition) is 2. The lowest BCUT2D eigenvalue weighted by Crippen LogP contribution is -2.34. The van der Waals surface area contributed by atoms with Gasteiger partial charge in [0.25, 0.3) is 0 Å². The number of amides is 2. The second-order valence-corrected chi connectivity index (χ2v) is 3.96. The van der Waals surface area contributed by atoms with Gasteiger partial charge in [0.1, 0.15) is 0 Å². The molecule has 0 aromatic rings. The first kappa shape index (κ1) is 11.0. The molecule has 0 aromatic heterocycles. The topological polar surface area (TPSA) is 58.2 Å². The first-order valence-corrected chi connectivity index (χ1v) is 5.18. The number of carbonyl (C=O) groups excluding carboxylic acids is 2. The summed E-state index contributed by atoms with van der Waals surface area (Å²) in [6.07, 6.45) is 1.40. The van der Waals surface area contributed by atoms with Crippen LogP contribution < -0.4 is 10.6 Å². The molecule has 2 N–H and O–H groups in total. The number of rotatable bonds is 4. The fraction of sp³-hybridized carbons (Fsp3) is 0.800. The standard InChI is InChI=1S/C10H18N2O2/c1-3-7(2)5-12-10(14)8-4-9(13)11-6-8/h7-8H,3-6H2,1-2H3,(H,11,13)(H,12,14). The summed E-state index contributed by atoms with van der Waals surface area (Å²) in [7, 11) is 0. The molecule has 0 radical (unpaired) electrons. The second-order valence-electron chi connectivity index (χ2n) is 3.96. The van der Waals surface area contributed by atoms with Gasteiger partial charge in [-0.05, 0) is 5.92 Å². The molecule has 1 aliphatic rings. The predicted molar refractivity (Wildman–Crippen MR) is 53.6 cm³/mol. The molecule has 0 aromatic carbocycles. The normalized spacial score (nSPS) is 23.0. The van der Waals surface area contributed by atoms with E-state index in [1.807, 2.05) is 0 Å². The highest BCUT2D eigenvalue weighted by molar-refractivity contribution is 5.89. The Bertz CT molecular complexity index is 228. The van der Waals surface area contributed by atoms with Crippen LogP contribution in [0, 0.1) is 11.8 Å². The molecule has 1 rings (SSSR count). The molecule has 2 unspecified atom stereocenters. The largest absolute Gasteiger partial charge is 0.356 e. The number of hydrogen-bond acceptors (Lipinski definition) is 2. The molecular formula is C10H18N2O2. The maximum absolute atomic E-state index is 11.5. The van der Waals surface area contributed by atoms with Crippen LogP contribution in [0.15, 0.2) is 0 Å². The van der Waals surface area contributed by atoms with Gasteiger partial charge in [-0.3, -0.25) is 9.59 Å². The van der Waals surface area contributed by atoms with Crippen molar-refractivity contribution in [3.8, 4) is 0 Å². The average molecular weight is 198 g/mol. The van der Waals surface area contributed by atoms with E-state index in [-0.39, 0.29) is 17.7 Å². The van der Waals surface area contributed by atoms with Gasteiger partial charge in [-0.1, -0.05) is 20.3 Å². The van der Waals surface area contributed by atoms with Crippen LogP contribution in [0.4, 0.5) is 0 Å². The van der Waals surface area contributed by atoms with E-state index in [0.717, 1.165) is 6.42 Å². The van der Waals surface area contributed by atoms with Crippen molar-refractivity contribution in [2.45, 2.75) is 26.7 Å². The molecule has 14 heavy (non-hydrogen) atoms. The molecule has 2 atom stereocenters. The van der Waals surface area contributed by atoms with Crippen molar-refractivity contribution >= 4 is 11.8 Å². The molecule has 1 fully saturated rings. The zero-order valence-electron chi connectivity index (χ0n) is 8.80. The van der Waals surface area contributed by atoms with Crippen molar-refractivity contribution in [2.75, 3.05) is 13.1 Å². The summed E-state index contributed by atoms with van der Waals surface area (Å²) < 4.78 is 0. The van der Waals surface area contributed by atoms with Crippen molar-refractivity contribution in [3.63, 3.8) is 0 Å². The molecule has 0 saturated carbocycles. The van der Waals surface area contributed by atoms with E-state index in [9.17, 15) is 9.59 Å². The van der Waals surface area contributed by atoms with Crippen LogP contribution in [0.3, 0.4) is 0 Å². The molecule has 80 valence electrons. The minimum Gasteiger partial charge on any atom is -0.356 e. The van der Waals surface area contributed by atoms with Crippen LogP contribution >= 0.6 is 0 Å². The Morgan fingerprint density at radius 3 is 2.93 bits per heavy atom. The Morgan fingerprint density at radius 1 is 1.71 bits per heavy atom. The van der Waals surface area contributed by atoms with E-state index in [4.69, 9.17) is 0 Å². The van der Waals surface area contributed by atoms with Crippen molar-refractivity contribution in [1.82, 2.24) is 10.6 Å². The quantitative estimate of drug-likeness (QED) is 0.682. The molecule has 1 saturated heterocycles. The fourth-order valence-electron chi connectivity index (χ4n) is 1.35. The lowest BCUT2D eigenvalue weighted by atomic mass is 10.1. The Morgan fingerprint density at radius 2 is 2.43 bits per heavy atom. The van der Waals surface area contributed by atoms with Gasteiger partial charge in [-0.2, -0.15) is 0 Å². The average Bonchev–Trinajstić information content (AvgIpc) is 2.60. The van der Waals surface area contributed by atoms with E-state index in [2.05, 4.69) is 24.5 Å². The van der Waals surface area contributed by atoms with E-state index < -0.39 is 0 Å². The van der Waals surface area contributed by atoms with Gasteiger partial charge in [0.05, 0.1) is 5.92 Å². The summed E-state index contributed by atoms with van der Waals surface area (Å²) in [6.45, 7) is 5.39. The third-order valence-corrected chi connectivity index (χ3v) is 2.67. The van der Waals surface area contributed by atoms with Crippen LogP contribution in [0.25, 0.3) is 0 Å². The lowest BCUT2D eigenvalue weighted by Gasteiger charge is -2.12. The van der Waals surface area contributed by atoms with Gasteiger partial charge in [0, 0.05) is 19.5 Å². The summed E-state index contributed by atoms with van der Waals surface area (Å²) in [5.74, 6) is 0.327. The van der Waals surface area contributed by atoms with Gasteiger partial charge in [-0.25, -0.2) is 0 Å². The third kappa shape index (κ3) is 3.01. The fourth-order valence-corrected chi connectivity index (χ4v) is 1.35. The van der Waals surface area contributed by atoms with Crippen LogP contribution in [-0.4, -0.2) is 24.9 Å². The van der Waals surface area contributed by atoms with E-state index in [1.54, 1.807) is 0 Å². The number of carbonyl (C=O) groups is 2. The molecular weight excluding hydrogens is 180 g/mol. The van der Waals surface area contributed by atoms with Crippen LogP contribution in [0.1, 0.15) is 26.7 Å². The SMILES string of the molecule is CCC(C)CNC(=O)C1CNC(=O)C1. The van der Waals surface area contributed by atoms with Crippen molar-refractivity contribution < 1.29 is 9.59 Å². The van der Waals surface area contributed by atoms with Gasteiger partial charge in [0.15, 0.2) is 0 Å². The molecule has 0 spiro atoms. The van der Waals surface area contributed by atoms with Gasteiger partial charge in [0.2, 0.25) is 11.8 Å². The highest BCUT2D eigenvalue weighted by Crippen LogP contribution is 2.09. The first-order valence-electron chi connectivity index (χ1n) is 5.18. The lowest BCUT2D eigenvalue weighted by molar-refractivity contribution is -0.126. The van der Waals surface area contributed by atoms with Gasteiger partial charge in [-0.15, -0.1) is 0 Å². The van der Waals surface area contributed by atoms with Crippen molar-refractivity contribution in [2.24, 2.45) is 11.8 Å². The van der Waals surface area contributed by atoms with E-state index >= 15 is 0 Å². The summed E-state index contributed by atoms with van der Waals surface area (Å²) in [5.41, 5.74) is 0. The first-order chi connectivity index (χ1) is 6.63. The predicted octanol–water partition coefficient (Wildman–Crippen LogP) is 0.285. The molecule has 0 bridgehead atoms. The third-order valence-electron chi connectivity index (χ3n) is 2.67. The van der Waals surface area contributed by atoms with Crippen molar-refractivity contribution in [3.05, 3.63) is 0 Å². The maximum Gasteiger partial charge on any atom is 0.225 e. The maximum atomic E-state index is 11.5.